The molecule has 0 aromatic heterocycles. The van der Waals surface area contributed by atoms with Gasteiger partial charge in [0.25, 0.3) is 0 Å². The van der Waals surface area contributed by atoms with Crippen LogP contribution in [0.5, 0.6) is 0 Å². The molecular weight excluding hydrogens is 485 g/mol. The third-order valence-electron chi connectivity index (χ3n) is 3.61. The van der Waals surface area contributed by atoms with Crippen LogP contribution in [0.25, 0.3) is 0 Å². The maximum absolute atomic E-state index is 12.2. The molecule has 0 unspecified atom stereocenters. The summed E-state index contributed by atoms with van der Waals surface area (Å²) in [6, 6.07) is 16.1. The number of benzene rings is 2. The van der Waals surface area contributed by atoms with E-state index in [0.717, 1.165) is 5.56 Å². The van der Waals surface area contributed by atoms with E-state index in [0.29, 0.717) is 35.4 Å². The molecule has 0 bridgehead atoms. The minimum atomic E-state index is -3.24. The lowest BCUT2D eigenvalue weighted by molar-refractivity contribution is 0.592. The second-order valence-corrected chi connectivity index (χ2v) is 7.95. The normalized spacial score (nSPS) is 11.5. The first-order valence-electron chi connectivity index (χ1n) is 7.98. The monoisotopic (exact) mass is 507 g/mol. The van der Waals surface area contributed by atoms with Crippen molar-refractivity contribution < 1.29 is 8.42 Å². The van der Waals surface area contributed by atoms with E-state index in [1.807, 2.05) is 24.3 Å². The summed E-state index contributed by atoms with van der Waals surface area (Å²) < 4.78 is 24.4. The maximum Gasteiger partial charge on any atom is 0.191 e. The Hall–Kier alpha value is -1.32. The van der Waals surface area contributed by atoms with Gasteiger partial charge in [0.15, 0.2) is 15.8 Å². The Morgan fingerprint density at radius 3 is 2.35 bits per heavy atom. The molecule has 0 fully saturated rings. The molecule has 0 amide bonds. The topological polar surface area (TPSA) is 70.6 Å². The van der Waals surface area contributed by atoms with Gasteiger partial charge in [-0.05, 0) is 30.2 Å². The molecule has 8 heteroatoms. The minimum absolute atomic E-state index is 0. The van der Waals surface area contributed by atoms with Gasteiger partial charge in [-0.1, -0.05) is 48.0 Å². The van der Waals surface area contributed by atoms with Crippen molar-refractivity contribution in [1.82, 2.24) is 10.6 Å². The smallest absolute Gasteiger partial charge is 0.191 e. The average Bonchev–Trinajstić information content (AvgIpc) is 2.63. The highest BCUT2D eigenvalue weighted by Gasteiger charge is 2.13. The molecule has 2 aromatic rings. The lowest BCUT2D eigenvalue weighted by atomic mass is 10.2. The van der Waals surface area contributed by atoms with Gasteiger partial charge in [0.1, 0.15) is 0 Å². The van der Waals surface area contributed by atoms with Crippen LogP contribution < -0.4 is 10.6 Å². The van der Waals surface area contributed by atoms with Crippen LogP contribution >= 0.6 is 35.6 Å². The van der Waals surface area contributed by atoms with Crippen LogP contribution in [0.1, 0.15) is 12.0 Å². The van der Waals surface area contributed by atoms with Crippen molar-refractivity contribution >= 4 is 51.4 Å². The zero-order valence-corrected chi connectivity index (χ0v) is 18.4. The first-order chi connectivity index (χ1) is 12.0. The highest BCUT2D eigenvalue weighted by molar-refractivity contribution is 14.0. The summed E-state index contributed by atoms with van der Waals surface area (Å²) in [5, 5.41) is 6.97. The number of aliphatic imine (C=N–C) groups is 1. The summed E-state index contributed by atoms with van der Waals surface area (Å²) in [6.45, 7) is 1.05. The summed E-state index contributed by atoms with van der Waals surface area (Å²) in [5.41, 5.74) is 0.971. The molecule has 26 heavy (non-hydrogen) atoms. The van der Waals surface area contributed by atoms with Crippen LogP contribution in [0.4, 0.5) is 0 Å². The molecule has 0 saturated heterocycles. The Morgan fingerprint density at radius 2 is 1.69 bits per heavy atom. The van der Waals surface area contributed by atoms with Gasteiger partial charge in [-0.2, -0.15) is 0 Å². The number of nitrogens with one attached hydrogen (secondary N) is 2. The van der Waals surface area contributed by atoms with Crippen molar-refractivity contribution in [3.8, 4) is 0 Å². The van der Waals surface area contributed by atoms with E-state index in [4.69, 9.17) is 11.6 Å². The second-order valence-electron chi connectivity index (χ2n) is 5.43. The lowest BCUT2D eigenvalue weighted by Crippen LogP contribution is -2.37. The maximum atomic E-state index is 12.2. The van der Waals surface area contributed by atoms with E-state index in [2.05, 4.69) is 15.6 Å². The van der Waals surface area contributed by atoms with Crippen LogP contribution in [0.3, 0.4) is 0 Å². The molecular formula is C18H23ClIN3O2S. The Balaban J connectivity index is 0.00000338. The molecule has 0 saturated carbocycles. The molecule has 0 radical (unpaired) electrons. The first kappa shape index (κ1) is 22.7. The third-order valence-corrected chi connectivity index (χ3v) is 5.80. The van der Waals surface area contributed by atoms with Crippen LogP contribution in [0, 0.1) is 0 Å². The van der Waals surface area contributed by atoms with Crippen LogP contribution in [0.15, 0.2) is 64.5 Å². The molecule has 0 heterocycles. The van der Waals surface area contributed by atoms with Crippen molar-refractivity contribution in [3.63, 3.8) is 0 Å². The summed E-state index contributed by atoms with van der Waals surface area (Å²) >= 11 is 6.12. The Bertz CT molecular complexity index is 814. The van der Waals surface area contributed by atoms with E-state index in [-0.39, 0.29) is 29.7 Å². The predicted molar refractivity (Wildman–Crippen MR) is 118 cm³/mol. The van der Waals surface area contributed by atoms with E-state index in [9.17, 15) is 8.42 Å². The molecule has 0 atom stereocenters. The predicted octanol–water partition coefficient (Wildman–Crippen LogP) is 3.49. The van der Waals surface area contributed by atoms with Crippen molar-refractivity contribution in [2.24, 2.45) is 4.99 Å². The summed E-state index contributed by atoms with van der Waals surface area (Å²) in [7, 11) is -1.57. The van der Waals surface area contributed by atoms with Crippen molar-refractivity contribution in [2.45, 2.75) is 17.9 Å². The van der Waals surface area contributed by atoms with Gasteiger partial charge in [-0.15, -0.1) is 24.0 Å². The SMILES string of the molecule is CN=C(NCCCS(=O)(=O)c1ccccc1)NCc1ccccc1Cl.I. The summed E-state index contributed by atoms with van der Waals surface area (Å²) in [6.07, 6.45) is 0.490. The molecule has 0 aliphatic rings. The van der Waals surface area contributed by atoms with Crippen molar-refractivity contribution in [1.29, 1.82) is 0 Å². The van der Waals surface area contributed by atoms with Crippen molar-refractivity contribution in [2.75, 3.05) is 19.3 Å². The first-order valence-corrected chi connectivity index (χ1v) is 10.0. The van der Waals surface area contributed by atoms with Gasteiger partial charge in [0.2, 0.25) is 0 Å². The molecule has 0 spiro atoms. The standard InChI is InChI=1S/C18H22ClN3O2S.HI/c1-20-18(22-14-15-8-5-6-11-17(15)19)21-12-7-13-25(23,24)16-9-3-2-4-10-16;/h2-6,8-11H,7,12-14H2,1H3,(H2,20,21,22);1H. The number of guanidine groups is 1. The number of rotatable bonds is 7. The molecule has 2 N–H and O–H groups in total. The zero-order valence-electron chi connectivity index (χ0n) is 14.5. The fourth-order valence-electron chi connectivity index (χ4n) is 2.26. The second kappa shape index (κ2) is 11.4. The molecule has 2 rings (SSSR count). The highest BCUT2D eigenvalue weighted by atomic mass is 127. The summed E-state index contributed by atoms with van der Waals surface area (Å²) in [5.74, 6) is 0.697. The van der Waals surface area contributed by atoms with Crippen LogP contribution in [0.2, 0.25) is 5.02 Å². The molecule has 0 aliphatic carbocycles. The average molecular weight is 508 g/mol. The minimum Gasteiger partial charge on any atom is -0.356 e. The summed E-state index contributed by atoms with van der Waals surface area (Å²) in [4.78, 5) is 4.48. The quantitative estimate of drug-likeness (QED) is 0.261. The van der Waals surface area contributed by atoms with E-state index < -0.39 is 9.84 Å². The number of sulfone groups is 1. The highest BCUT2D eigenvalue weighted by Crippen LogP contribution is 2.14. The van der Waals surface area contributed by atoms with Gasteiger partial charge in [-0.3, -0.25) is 4.99 Å². The largest absolute Gasteiger partial charge is 0.356 e. The van der Waals surface area contributed by atoms with Crippen LogP contribution in [-0.4, -0.2) is 33.7 Å². The Morgan fingerprint density at radius 1 is 1.04 bits per heavy atom. The number of nitrogens with zero attached hydrogens (tertiary/aromatic N) is 1. The molecule has 142 valence electrons. The van der Waals surface area contributed by atoms with Crippen molar-refractivity contribution in [3.05, 3.63) is 65.2 Å². The van der Waals surface area contributed by atoms with Gasteiger partial charge < -0.3 is 10.6 Å². The van der Waals surface area contributed by atoms with Gasteiger partial charge in [0.05, 0.1) is 10.6 Å². The fraction of sp³-hybridized carbons (Fsp3) is 0.278. The lowest BCUT2D eigenvalue weighted by Gasteiger charge is -2.12. The number of hydrogen-bond acceptors (Lipinski definition) is 3. The molecule has 2 aromatic carbocycles. The van der Waals surface area contributed by atoms with Gasteiger partial charge in [0, 0.05) is 25.2 Å². The Kier molecular flexibility index (Phi) is 9.97. The molecule has 0 aliphatic heterocycles. The van der Waals surface area contributed by atoms with E-state index in [1.165, 1.54) is 0 Å². The van der Waals surface area contributed by atoms with E-state index in [1.54, 1.807) is 37.4 Å². The van der Waals surface area contributed by atoms with Crippen LogP contribution in [-0.2, 0) is 16.4 Å². The van der Waals surface area contributed by atoms with Gasteiger partial charge >= 0.3 is 0 Å². The van der Waals surface area contributed by atoms with E-state index >= 15 is 0 Å². The fourth-order valence-corrected chi connectivity index (χ4v) is 3.79. The molecule has 5 nitrogen and oxygen atoms in total. The number of halogens is 2. The number of hydrogen-bond donors (Lipinski definition) is 2. The van der Waals surface area contributed by atoms with Gasteiger partial charge in [-0.25, -0.2) is 8.42 Å². The third kappa shape index (κ3) is 7.13. The Labute approximate surface area is 177 Å². The zero-order chi connectivity index (χ0) is 18.1.